The summed E-state index contributed by atoms with van der Waals surface area (Å²) >= 11 is 0. The van der Waals surface area contributed by atoms with Crippen LogP contribution in [0.5, 0.6) is 5.75 Å². The summed E-state index contributed by atoms with van der Waals surface area (Å²) in [5.74, 6) is 0.925. The van der Waals surface area contributed by atoms with Gasteiger partial charge in [0.15, 0.2) is 0 Å². The van der Waals surface area contributed by atoms with Crippen LogP contribution in [0.15, 0.2) is 42.7 Å². The van der Waals surface area contributed by atoms with E-state index in [1.165, 1.54) is 12.3 Å². The molecular formula is C18H16F3N3O. The molecule has 0 spiro atoms. The van der Waals surface area contributed by atoms with Crippen molar-refractivity contribution in [3.8, 4) is 5.75 Å². The first-order valence-electron chi connectivity index (χ1n) is 7.96. The lowest BCUT2D eigenvalue weighted by Crippen LogP contribution is -2.32. The minimum atomic E-state index is -4.40. The van der Waals surface area contributed by atoms with E-state index in [-0.39, 0.29) is 12.0 Å². The number of hydrogen-bond donors (Lipinski definition) is 2. The van der Waals surface area contributed by atoms with Crippen molar-refractivity contribution in [1.82, 2.24) is 9.97 Å². The van der Waals surface area contributed by atoms with Crippen molar-refractivity contribution >= 4 is 16.6 Å². The molecule has 130 valence electrons. The standard InChI is InChI=1S/C18H16F3N3O/c19-18(20,21)17-4-1-10(8-24-17)11-5-13(6-11)25-12-2-3-16-14(7-12)15(22)9-23-16/h1-4,7-9,11,13,23H,5-6,22H2/t11-,13+. The second kappa shape index (κ2) is 5.68. The third kappa shape index (κ3) is 3.01. The van der Waals surface area contributed by atoms with E-state index >= 15 is 0 Å². The Morgan fingerprint density at radius 2 is 1.96 bits per heavy atom. The van der Waals surface area contributed by atoms with Gasteiger partial charge in [-0.05, 0) is 48.6 Å². The summed E-state index contributed by atoms with van der Waals surface area (Å²) in [5.41, 5.74) is 7.47. The van der Waals surface area contributed by atoms with E-state index in [2.05, 4.69) is 9.97 Å². The maximum absolute atomic E-state index is 12.5. The SMILES string of the molecule is Nc1c[nH]c2ccc(O[C@H]3C[C@@H](c4ccc(C(F)(F)F)nc4)C3)cc12. The smallest absolute Gasteiger partial charge is 0.433 e. The summed E-state index contributed by atoms with van der Waals surface area (Å²) in [4.78, 5) is 6.59. The van der Waals surface area contributed by atoms with E-state index < -0.39 is 11.9 Å². The molecule has 1 fully saturated rings. The van der Waals surface area contributed by atoms with Crippen molar-refractivity contribution in [1.29, 1.82) is 0 Å². The third-order valence-corrected chi connectivity index (χ3v) is 4.63. The summed E-state index contributed by atoms with van der Waals surface area (Å²) in [6.45, 7) is 0. The van der Waals surface area contributed by atoms with Crippen molar-refractivity contribution in [3.05, 3.63) is 54.0 Å². The van der Waals surface area contributed by atoms with E-state index in [9.17, 15) is 13.2 Å². The second-order valence-corrected chi connectivity index (χ2v) is 6.33. The molecular weight excluding hydrogens is 331 g/mol. The van der Waals surface area contributed by atoms with Crippen molar-refractivity contribution < 1.29 is 17.9 Å². The fourth-order valence-corrected chi connectivity index (χ4v) is 3.14. The number of nitrogens with one attached hydrogen (secondary N) is 1. The zero-order chi connectivity index (χ0) is 17.6. The first kappa shape index (κ1) is 15.8. The largest absolute Gasteiger partial charge is 0.490 e. The molecule has 2 aromatic heterocycles. The summed E-state index contributed by atoms with van der Waals surface area (Å²) in [6.07, 6.45) is 0.218. The molecule has 3 N–H and O–H groups in total. The van der Waals surface area contributed by atoms with Gasteiger partial charge in [0.25, 0.3) is 0 Å². The van der Waals surface area contributed by atoms with Crippen molar-refractivity contribution in [2.45, 2.75) is 31.0 Å². The summed E-state index contributed by atoms with van der Waals surface area (Å²) in [6, 6.07) is 8.23. The van der Waals surface area contributed by atoms with Gasteiger partial charge in [-0.3, -0.25) is 4.98 Å². The molecule has 2 heterocycles. The van der Waals surface area contributed by atoms with Crippen LogP contribution in [0.1, 0.15) is 30.0 Å². The first-order chi connectivity index (χ1) is 11.9. The number of aromatic nitrogens is 2. The Kier molecular flexibility index (Phi) is 3.59. The lowest BCUT2D eigenvalue weighted by atomic mass is 9.78. The maximum Gasteiger partial charge on any atom is 0.433 e. The Labute approximate surface area is 141 Å². The predicted molar refractivity (Wildman–Crippen MR) is 88.3 cm³/mol. The van der Waals surface area contributed by atoms with Crippen LogP contribution >= 0.6 is 0 Å². The fourth-order valence-electron chi connectivity index (χ4n) is 3.14. The molecule has 25 heavy (non-hydrogen) atoms. The average molecular weight is 347 g/mol. The van der Waals surface area contributed by atoms with E-state index in [0.717, 1.165) is 41.1 Å². The number of benzene rings is 1. The number of ether oxygens (including phenoxy) is 1. The summed E-state index contributed by atoms with van der Waals surface area (Å²) in [7, 11) is 0. The van der Waals surface area contributed by atoms with Crippen molar-refractivity contribution in [2.24, 2.45) is 0 Å². The molecule has 0 amide bonds. The average Bonchev–Trinajstić information content (AvgIpc) is 2.91. The molecule has 0 unspecified atom stereocenters. The molecule has 1 aromatic carbocycles. The quantitative estimate of drug-likeness (QED) is 0.734. The van der Waals surface area contributed by atoms with E-state index in [4.69, 9.17) is 10.5 Å². The number of fused-ring (bicyclic) bond motifs is 1. The fraction of sp³-hybridized carbons (Fsp3) is 0.278. The van der Waals surface area contributed by atoms with Crippen LogP contribution in [0.4, 0.5) is 18.9 Å². The maximum atomic E-state index is 12.5. The van der Waals surface area contributed by atoms with Gasteiger partial charge in [0.1, 0.15) is 11.4 Å². The predicted octanol–water partition coefficient (Wildman–Crippen LogP) is 4.49. The van der Waals surface area contributed by atoms with Gasteiger partial charge in [0, 0.05) is 23.3 Å². The number of aromatic amines is 1. The second-order valence-electron chi connectivity index (χ2n) is 6.33. The zero-order valence-corrected chi connectivity index (χ0v) is 13.2. The molecule has 1 aliphatic carbocycles. The molecule has 4 rings (SSSR count). The number of rotatable bonds is 3. The number of halogens is 3. The zero-order valence-electron chi connectivity index (χ0n) is 13.2. The topological polar surface area (TPSA) is 63.9 Å². The van der Waals surface area contributed by atoms with E-state index in [1.54, 1.807) is 6.20 Å². The highest BCUT2D eigenvalue weighted by molar-refractivity contribution is 5.92. The molecule has 1 saturated carbocycles. The molecule has 0 radical (unpaired) electrons. The number of anilines is 1. The number of nitrogens with zero attached hydrogens (tertiary/aromatic N) is 1. The van der Waals surface area contributed by atoms with Crippen molar-refractivity contribution in [3.63, 3.8) is 0 Å². The van der Waals surface area contributed by atoms with Gasteiger partial charge in [-0.1, -0.05) is 6.07 Å². The monoisotopic (exact) mass is 347 g/mol. The van der Waals surface area contributed by atoms with Gasteiger partial charge >= 0.3 is 6.18 Å². The van der Waals surface area contributed by atoms with Crippen LogP contribution in [0.25, 0.3) is 10.9 Å². The Morgan fingerprint density at radius 3 is 2.64 bits per heavy atom. The van der Waals surface area contributed by atoms with Gasteiger partial charge in [-0.2, -0.15) is 13.2 Å². The van der Waals surface area contributed by atoms with Crippen LogP contribution in [0.2, 0.25) is 0 Å². The molecule has 4 nitrogen and oxygen atoms in total. The number of alkyl halides is 3. The molecule has 0 saturated heterocycles. The molecule has 0 atom stereocenters. The molecule has 1 aliphatic rings. The minimum absolute atomic E-state index is 0.0462. The highest BCUT2D eigenvalue weighted by Crippen LogP contribution is 2.40. The van der Waals surface area contributed by atoms with Crippen LogP contribution in [0, 0.1) is 0 Å². The Hall–Kier alpha value is -2.70. The summed E-state index contributed by atoms with van der Waals surface area (Å²) in [5, 5.41) is 0.917. The van der Waals surface area contributed by atoms with Crippen molar-refractivity contribution in [2.75, 3.05) is 5.73 Å². The Bertz CT molecular complexity index is 896. The lowest BCUT2D eigenvalue weighted by molar-refractivity contribution is -0.141. The highest BCUT2D eigenvalue weighted by atomic mass is 19.4. The Balaban J connectivity index is 1.39. The Morgan fingerprint density at radius 1 is 1.16 bits per heavy atom. The van der Waals surface area contributed by atoms with Crippen LogP contribution < -0.4 is 10.5 Å². The molecule has 0 bridgehead atoms. The van der Waals surface area contributed by atoms with Gasteiger partial charge in [-0.25, -0.2) is 0 Å². The number of hydrogen-bond acceptors (Lipinski definition) is 3. The summed E-state index contributed by atoms with van der Waals surface area (Å²) < 4.78 is 43.6. The van der Waals surface area contributed by atoms with Gasteiger partial charge < -0.3 is 15.5 Å². The van der Waals surface area contributed by atoms with E-state index in [1.807, 2.05) is 18.2 Å². The van der Waals surface area contributed by atoms with Crippen LogP contribution in [-0.2, 0) is 6.18 Å². The van der Waals surface area contributed by atoms with Crippen LogP contribution in [-0.4, -0.2) is 16.1 Å². The molecule has 7 heteroatoms. The molecule has 3 aromatic rings. The molecule has 0 aliphatic heterocycles. The number of H-pyrrole nitrogens is 1. The highest BCUT2D eigenvalue weighted by Gasteiger charge is 2.35. The number of nitrogens with two attached hydrogens (primary N) is 1. The normalized spacial score (nSPS) is 20.4. The number of nitrogen functional groups attached to an aromatic ring is 1. The minimum Gasteiger partial charge on any atom is -0.490 e. The number of pyridine rings is 1. The van der Waals surface area contributed by atoms with Gasteiger partial charge in [0.2, 0.25) is 0 Å². The lowest BCUT2D eigenvalue weighted by Gasteiger charge is -2.35. The first-order valence-corrected chi connectivity index (χ1v) is 7.96. The van der Waals surface area contributed by atoms with E-state index in [0.29, 0.717) is 5.69 Å². The van der Waals surface area contributed by atoms with Crippen LogP contribution in [0.3, 0.4) is 0 Å². The third-order valence-electron chi connectivity index (χ3n) is 4.63. The van der Waals surface area contributed by atoms with Gasteiger partial charge in [-0.15, -0.1) is 0 Å². The van der Waals surface area contributed by atoms with Gasteiger partial charge in [0.05, 0.1) is 11.8 Å².